The molecule has 0 saturated carbocycles. The minimum Gasteiger partial charge on any atom is -0.377 e. The first-order valence-corrected chi connectivity index (χ1v) is 1.96. The molecule has 48 valence electrons. The fraction of sp³-hybridized carbons (Fsp3) is 0.500. The van der Waals surface area contributed by atoms with Gasteiger partial charge in [0.25, 0.3) is 6.08 Å². The molecule has 1 saturated heterocycles. The molecule has 1 heterocycles. The van der Waals surface area contributed by atoms with E-state index < -0.39 is 12.4 Å². The molecule has 1 aliphatic heterocycles. The Morgan fingerprint density at radius 3 is 1.62 bits per heavy atom. The fourth-order valence-corrected chi connectivity index (χ4v) is 0. The monoisotopic (exact) mass is 126 g/mol. The van der Waals surface area contributed by atoms with Crippen molar-refractivity contribution in [3.8, 4) is 0 Å². The zero-order chi connectivity index (χ0) is 6.41. The molecule has 0 aromatic rings. The summed E-state index contributed by atoms with van der Waals surface area (Å²) in [6, 6.07) is 0. The summed E-state index contributed by atoms with van der Waals surface area (Å²) in [4.78, 5) is 0. The Hall–Kier alpha value is -0.510. The highest BCUT2D eigenvalue weighted by atomic mass is 19.3. The first-order chi connectivity index (χ1) is 3.77. The zero-order valence-electron chi connectivity index (χ0n) is 4.03. The smallest absolute Gasteiger partial charge is 0.298 e. The fourth-order valence-electron chi connectivity index (χ4n) is 0. The molecule has 0 aliphatic carbocycles. The number of epoxide rings is 1. The van der Waals surface area contributed by atoms with Crippen LogP contribution in [0.25, 0.3) is 0 Å². The average molecular weight is 126 g/mol. The van der Waals surface area contributed by atoms with Gasteiger partial charge in [-0.3, -0.25) is 0 Å². The van der Waals surface area contributed by atoms with Crippen LogP contribution in [0.5, 0.6) is 0 Å². The second-order valence-electron chi connectivity index (χ2n) is 1.01. The molecule has 0 unspecified atom stereocenters. The normalized spacial score (nSPS) is 13.4. The maximum absolute atomic E-state index is 10.2. The van der Waals surface area contributed by atoms with Gasteiger partial charge in [-0.05, 0) is 0 Å². The summed E-state index contributed by atoms with van der Waals surface area (Å²) < 4.78 is 35.2. The van der Waals surface area contributed by atoms with Crippen LogP contribution in [0, 0.1) is 0 Å². The van der Waals surface area contributed by atoms with Crippen molar-refractivity contribution in [2.75, 3.05) is 13.2 Å². The molecule has 0 aromatic carbocycles. The largest absolute Gasteiger partial charge is 0.377 e. The summed E-state index contributed by atoms with van der Waals surface area (Å²) in [7, 11) is 0. The molecule has 0 amide bonds. The van der Waals surface area contributed by atoms with E-state index in [1.54, 1.807) is 0 Å². The Kier molecular flexibility index (Phi) is 4.35. The highest BCUT2D eigenvalue weighted by molar-refractivity contribution is 4.66. The first kappa shape index (κ1) is 7.49. The lowest BCUT2D eigenvalue weighted by molar-refractivity contribution is 0.400. The van der Waals surface area contributed by atoms with Crippen molar-refractivity contribution in [3.63, 3.8) is 0 Å². The summed E-state index contributed by atoms with van der Waals surface area (Å²) in [5.74, 6) is 0. The van der Waals surface area contributed by atoms with Gasteiger partial charge in [0.1, 0.15) is 0 Å². The van der Waals surface area contributed by atoms with Gasteiger partial charge in [0.2, 0.25) is 0 Å². The SMILES string of the molecule is C1CO1.FC=C(F)F. The topological polar surface area (TPSA) is 12.5 Å². The average Bonchev–Trinajstić information content (AvgIpc) is 2.48. The van der Waals surface area contributed by atoms with Crippen molar-refractivity contribution < 1.29 is 17.9 Å². The molecule has 1 aliphatic rings. The number of rotatable bonds is 0. The van der Waals surface area contributed by atoms with E-state index >= 15 is 0 Å². The molecule has 1 rings (SSSR count). The highest BCUT2D eigenvalue weighted by Crippen LogP contribution is 1.93. The van der Waals surface area contributed by atoms with E-state index in [0.29, 0.717) is 0 Å². The van der Waals surface area contributed by atoms with E-state index in [-0.39, 0.29) is 0 Å². The van der Waals surface area contributed by atoms with E-state index in [4.69, 9.17) is 0 Å². The Labute approximate surface area is 44.8 Å². The maximum atomic E-state index is 10.2. The molecule has 1 nitrogen and oxygen atoms in total. The predicted molar refractivity (Wildman–Crippen MR) is 22.2 cm³/mol. The molecule has 0 bridgehead atoms. The molecule has 0 spiro atoms. The molecule has 8 heavy (non-hydrogen) atoms. The minimum atomic E-state index is -2.29. The van der Waals surface area contributed by atoms with Gasteiger partial charge in [-0.2, -0.15) is 8.78 Å². The number of hydrogen-bond acceptors (Lipinski definition) is 1. The third-order valence-electron chi connectivity index (χ3n) is 0.287. The predicted octanol–water partition coefficient (Wildman–Crippen LogP) is 1.71. The van der Waals surface area contributed by atoms with Crippen molar-refractivity contribution in [1.82, 2.24) is 0 Å². The second-order valence-corrected chi connectivity index (χ2v) is 1.01. The van der Waals surface area contributed by atoms with E-state index in [1.807, 2.05) is 0 Å². The van der Waals surface area contributed by atoms with Crippen LogP contribution in [-0.2, 0) is 4.74 Å². The van der Waals surface area contributed by atoms with Gasteiger partial charge in [0.05, 0.1) is 13.2 Å². The van der Waals surface area contributed by atoms with Crippen LogP contribution in [-0.4, -0.2) is 13.2 Å². The lowest BCUT2D eigenvalue weighted by Gasteiger charge is -1.59. The summed E-state index contributed by atoms with van der Waals surface area (Å²) in [5.41, 5.74) is 0. The first-order valence-electron chi connectivity index (χ1n) is 1.96. The van der Waals surface area contributed by atoms with Crippen molar-refractivity contribution in [1.29, 1.82) is 0 Å². The Balaban J connectivity index is 0.000000135. The van der Waals surface area contributed by atoms with Crippen LogP contribution in [0.3, 0.4) is 0 Å². The Morgan fingerprint density at radius 2 is 1.62 bits per heavy atom. The van der Waals surface area contributed by atoms with Gasteiger partial charge in [0.15, 0.2) is 6.33 Å². The van der Waals surface area contributed by atoms with Crippen LogP contribution in [0.4, 0.5) is 13.2 Å². The van der Waals surface area contributed by atoms with Crippen LogP contribution in [0.15, 0.2) is 12.4 Å². The summed E-state index contributed by atoms with van der Waals surface area (Å²) in [5, 5.41) is 0. The molecule has 0 N–H and O–H groups in total. The zero-order valence-corrected chi connectivity index (χ0v) is 4.03. The quantitative estimate of drug-likeness (QED) is 0.450. The van der Waals surface area contributed by atoms with Gasteiger partial charge >= 0.3 is 0 Å². The van der Waals surface area contributed by atoms with Crippen molar-refractivity contribution >= 4 is 0 Å². The molecule has 4 heteroatoms. The van der Waals surface area contributed by atoms with Crippen molar-refractivity contribution in [2.45, 2.75) is 0 Å². The molecular weight excluding hydrogens is 121 g/mol. The van der Waals surface area contributed by atoms with Crippen molar-refractivity contribution in [3.05, 3.63) is 12.4 Å². The lowest BCUT2D eigenvalue weighted by atomic mass is 11.0. The van der Waals surface area contributed by atoms with E-state index in [1.165, 1.54) is 0 Å². The second kappa shape index (κ2) is 4.64. The number of ether oxygens (including phenoxy) is 1. The summed E-state index contributed by atoms with van der Waals surface area (Å²) in [6.07, 6.45) is -3.04. The van der Waals surface area contributed by atoms with E-state index in [0.717, 1.165) is 13.2 Å². The highest BCUT2D eigenvalue weighted by Gasteiger charge is 1.94. The van der Waals surface area contributed by atoms with Gasteiger partial charge < -0.3 is 4.74 Å². The number of hydrogen-bond donors (Lipinski definition) is 0. The lowest BCUT2D eigenvalue weighted by Crippen LogP contribution is -1.42. The molecule has 1 fully saturated rings. The third-order valence-corrected chi connectivity index (χ3v) is 0.287. The maximum Gasteiger partial charge on any atom is 0.298 e. The Bertz CT molecular complexity index is 72.6. The number of halogens is 3. The third kappa shape index (κ3) is 17.9. The van der Waals surface area contributed by atoms with Crippen LogP contribution in [0.1, 0.15) is 0 Å². The van der Waals surface area contributed by atoms with Gasteiger partial charge in [0, 0.05) is 0 Å². The van der Waals surface area contributed by atoms with Gasteiger partial charge in [-0.1, -0.05) is 0 Å². The molecule has 0 radical (unpaired) electrons. The van der Waals surface area contributed by atoms with Gasteiger partial charge in [-0.15, -0.1) is 0 Å². The standard InChI is InChI=1S/C2HF3.C2H4O/c3-1-2(4)5;1-2-3-1/h1H;1-2H2. The van der Waals surface area contributed by atoms with E-state index in [2.05, 4.69) is 4.74 Å². The Morgan fingerprint density at radius 1 is 1.38 bits per heavy atom. The molecule has 0 atom stereocenters. The molecule has 0 aromatic heterocycles. The van der Waals surface area contributed by atoms with Crippen LogP contribution in [0.2, 0.25) is 0 Å². The molecular formula is C4H5F3O. The summed E-state index contributed by atoms with van der Waals surface area (Å²) >= 11 is 0. The summed E-state index contributed by atoms with van der Waals surface area (Å²) in [6.45, 7) is 2.00. The minimum absolute atomic E-state index is 0.750. The van der Waals surface area contributed by atoms with Gasteiger partial charge in [-0.25, -0.2) is 4.39 Å². The van der Waals surface area contributed by atoms with Crippen LogP contribution >= 0.6 is 0 Å². The van der Waals surface area contributed by atoms with E-state index in [9.17, 15) is 13.2 Å². The van der Waals surface area contributed by atoms with Crippen LogP contribution < -0.4 is 0 Å². The van der Waals surface area contributed by atoms with Crippen molar-refractivity contribution in [2.24, 2.45) is 0 Å².